The summed E-state index contributed by atoms with van der Waals surface area (Å²) in [5.74, 6) is 0. The summed E-state index contributed by atoms with van der Waals surface area (Å²) in [6, 6.07) is 7.28. The summed E-state index contributed by atoms with van der Waals surface area (Å²) in [4.78, 5) is 0. The zero-order valence-electron chi connectivity index (χ0n) is 27.9. The van der Waals surface area contributed by atoms with E-state index in [2.05, 4.69) is 0 Å². The summed E-state index contributed by atoms with van der Waals surface area (Å²) >= 11 is 10.5. The molecule has 0 aliphatic carbocycles. The Morgan fingerprint density at radius 3 is 0.904 bits per heavy atom. The van der Waals surface area contributed by atoms with Gasteiger partial charge in [-0.3, -0.25) is 0 Å². The van der Waals surface area contributed by atoms with E-state index in [4.69, 9.17) is 31.2 Å². The van der Waals surface area contributed by atoms with Gasteiger partial charge in [-0.1, -0.05) is 0 Å². The van der Waals surface area contributed by atoms with Gasteiger partial charge in [-0.15, -0.1) is 0 Å². The fraction of sp³-hybridized carbons (Fsp3) is 0.438. The van der Waals surface area contributed by atoms with E-state index in [9.17, 15) is 62.9 Å². The van der Waals surface area contributed by atoms with Crippen molar-refractivity contribution in [1.29, 1.82) is 0 Å². The number of hydrogen-bond acceptors (Lipinski definition) is 2. The molecule has 0 amide bonds. The Morgan fingerprint density at radius 2 is 0.692 bits per heavy atom. The van der Waals surface area contributed by atoms with E-state index < -0.39 is 49.0 Å². The van der Waals surface area contributed by atoms with Crippen LogP contribution in [0.3, 0.4) is 0 Å². The summed E-state index contributed by atoms with van der Waals surface area (Å²) < 4.78 is 158. The van der Waals surface area contributed by atoms with Gasteiger partial charge in [0.15, 0.2) is 0 Å². The number of alkyl halides is 12. The molecule has 0 spiro atoms. The Morgan fingerprint density at radius 1 is 0.462 bits per heavy atom. The fourth-order valence-electron chi connectivity index (χ4n) is 5.61. The van der Waals surface area contributed by atoms with Crippen molar-refractivity contribution in [2.75, 3.05) is 0 Å². The van der Waals surface area contributed by atoms with Crippen molar-refractivity contribution >= 4 is 0 Å². The quantitative estimate of drug-likeness (QED) is 0.152. The van der Waals surface area contributed by atoms with Crippen LogP contribution in [0, 0.1) is 50.2 Å². The molecule has 0 aliphatic heterocycles. The van der Waals surface area contributed by atoms with E-state index in [0.29, 0.717) is 20.5 Å². The molecule has 52 heavy (non-hydrogen) atoms. The van der Waals surface area contributed by atoms with Gasteiger partial charge in [0.05, 0.1) is 0 Å². The number of imidazole rings is 2. The van der Waals surface area contributed by atoms with Gasteiger partial charge >= 0.3 is 305 Å². The second-order valence-electron chi connectivity index (χ2n) is 12.3. The van der Waals surface area contributed by atoms with Gasteiger partial charge < -0.3 is 0 Å². The van der Waals surface area contributed by atoms with Crippen LogP contribution >= 0.6 is 0 Å². The van der Waals surface area contributed by atoms with E-state index >= 15 is 0 Å². The summed E-state index contributed by atoms with van der Waals surface area (Å²) in [7, 11) is 0. The molecule has 0 bridgehead atoms. The molecule has 0 radical (unpaired) electrons. The second-order valence-corrected chi connectivity index (χ2v) is 13.1. The molecule has 0 atom stereocenters. The molecule has 2 heterocycles. The summed E-state index contributed by atoms with van der Waals surface area (Å²) in [5.41, 5.74) is -3.73. The predicted molar refractivity (Wildman–Crippen MR) is 157 cm³/mol. The Hall–Kier alpha value is -3.02. The predicted octanol–water partition coefficient (Wildman–Crippen LogP) is 8.28. The van der Waals surface area contributed by atoms with E-state index in [1.807, 2.05) is 38.1 Å². The molecule has 2 aromatic heterocycles. The van der Waals surface area contributed by atoms with Crippen molar-refractivity contribution in [1.82, 2.24) is 18.3 Å². The molecule has 0 saturated carbocycles. The monoisotopic (exact) mass is 858 g/mol. The van der Waals surface area contributed by atoms with Crippen molar-refractivity contribution in [2.24, 2.45) is 0 Å². The maximum atomic E-state index is 12.9. The van der Waals surface area contributed by atoms with Crippen molar-refractivity contribution in [2.45, 2.75) is 90.5 Å². The Balaban J connectivity index is 0.000000280. The topological polar surface area (TPSA) is 60.2 Å². The third-order valence-corrected chi connectivity index (χ3v) is 9.00. The molecular formula is C32H32Cu2F12N4O2. The van der Waals surface area contributed by atoms with Gasteiger partial charge in [0.2, 0.25) is 0 Å². The van der Waals surface area contributed by atoms with Crippen LogP contribution in [-0.4, -0.2) is 64.4 Å². The van der Waals surface area contributed by atoms with Crippen LogP contribution < -0.4 is 0 Å². The van der Waals surface area contributed by atoms with Crippen molar-refractivity contribution in [3.8, 4) is 11.4 Å². The van der Waals surface area contributed by atoms with E-state index in [1.165, 1.54) is 21.5 Å². The molecular weight excluding hydrogens is 827 g/mol. The first-order valence-corrected chi connectivity index (χ1v) is 15.6. The number of benzene rings is 2. The fourth-order valence-corrected chi connectivity index (χ4v) is 6.25. The number of hydrogen-bond donors (Lipinski definition) is 2. The first-order chi connectivity index (χ1) is 23.4. The molecule has 0 aliphatic rings. The minimum atomic E-state index is -5.91. The SMILES string of the molecule is Cc1cc(C)c(-n2ccn(CC(O)(C(F)(F)F)C(F)(F)F)[c]2=[Cu])c(C)c1.Cc1cc(C)c(-n2ccn(CC(O)(C(F)(F)F)C(F)(F)F)[c]2=[Cu])c(C)c1. The number of rotatable bonds is 6. The standard InChI is InChI=1S/2C16H16F6N2O.2Cu/c2*1-10-6-11(2)13(12(3)7-10)24-5-4-23(9-24)8-14(25,15(17,18)19)16(20,21)22;;/h2*4-7,25H,8H2,1-3H3;;. The van der Waals surface area contributed by atoms with Crippen LogP contribution in [-0.2, 0) is 44.2 Å². The van der Waals surface area contributed by atoms with Gasteiger partial charge in [-0.25, -0.2) is 0 Å². The van der Waals surface area contributed by atoms with Gasteiger partial charge in [0, 0.05) is 0 Å². The number of aliphatic hydroxyl groups is 2. The summed E-state index contributed by atoms with van der Waals surface area (Å²) in [5, 5.41) is 18.7. The molecule has 4 rings (SSSR count). The van der Waals surface area contributed by atoms with Crippen LogP contribution in [0.1, 0.15) is 33.4 Å². The van der Waals surface area contributed by atoms with E-state index in [-0.39, 0.29) is 8.65 Å². The maximum absolute atomic E-state index is 12.9. The molecule has 2 aromatic carbocycles. The number of halogens is 12. The first-order valence-electron chi connectivity index (χ1n) is 14.7. The van der Waals surface area contributed by atoms with Gasteiger partial charge in [-0.05, 0) is 0 Å². The number of aryl methyl sites for hydroxylation is 6. The molecule has 0 fully saturated rings. The van der Waals surface area contributed by atoms with Gasteiger partial charge in [0.1, 0.15) is 0 Å². The van der Waals surface area contributed by atoms with Crippen LogP contribution in [0.4, 0.5) is 52.7 Å². The van der Waals surface area contributed by atoms with Crippen molar-refractivity contribution in [3.05, 3.63) is 91.1 Å². The van der Waals surface area contributed by atoms with E-state index in [1.54, 1.807) is 27.7 Å². The average Bonchev–Trinajstić information content (AvgIpc) is 3.47. The Kier molecular flexibility index (Phi) is 12.2. The average molecular weight is 860 g/mol. The zero-order chi connectivity index (χ0) is 40.2. The van der Waals surface area contributed by atoms with Crippen molar-refractivity contribution < 1.29 is 94.0 Å². The molecule has 0 unspecified atom stereocenters. The molecule has 298 valence electrons. The first kappa shape index (κ1) is 43.4. The van der Waals surface area contributed by atoms with E-state index in [0.717, 1.165) is 45.8 Å². The molecule has 4 aromatic rings. The Labute approximate surface area is 304 Å². The zero-order valence-corrected chi connectivity index (χ0v) is 29.7. The summed E-state index contributed by atoms with van der Waals surface area (Å²) in [6.45, 7) is 7.18. The molecule has 20 heteroatoms. The van der Waals surface area contributed by atoms with Crippen molar-refractivity contribution in [3.63, 3.8) is 0 Å². The normalized spacial score (nSPS) is 13.4. The molecule has 6 nitrogen and oxygen atoms in total. The second kappa shape index (κ2) is 14.7. The third kappa shape index (κ3) is 8.36. The molecule has 0 saturated heterocycles. The molecule has 2 N–H and O–H groups in total. The van der Waals surface area contributed by atoms with Gasteiger partial charge in [0.25, 0.3) is 0 Å². The summed E-state index contributed by atoms with van der Waals surface area (Å²) in [6.07, 6.45) is -19.1. The third-order valence-electron chi connectivity index (χ3n) is 8.01. The van der Waals surface area contributed by atoms with Crippen LogP contribution in [0.25, 0.3) is 11.4 Å². The minimum absolute atomic E-state index is 0.306. The van der Waals surface area contributed by atoms with Gasteiger partial charge in [-0.2, -0.15) is 0 Å². The van der Waals surface area contributed by atoms with Crippen LogP contribution in [0.5, 0.6) is 0 Å². The van der Waals surface area contributed by atoms with Crippen LogP contribution in [0.15, 0.2) is 49.1 Å². The number of aromatic nitrogens is 4. The van der Waals surface area contributed by atoms with Crippen LogP contribution in [0.2, 0.25) is 0 Å². The Bertz CT molecular complexity index is 1830. The number of nitrogens with zero attached hydrogens (tertiary/aromatic N) is 4.